The smallest absolute Gasteiger partial charge is 0.226 e. The summed E-state index contributed by atoms with van der Waals surface area (Å²) < 4.78 is 12.6. The minimum absolute atomic E-state index is 0.0605. The summed E-state index contributed by atoms with van der Waals surface area (Å²) in [4.78, 5) is 16.0. The van der Waals surface area contributed by atoms with Gasteiger partial charge in [-0.25, -0.2) is 9.97 Å². The molecule has 4 N–H and O–H groups in total. The summed E-state index contributed by atoms with van der Waals surface area (Å²) in [7, 11) is 0. The number of aliphatic hydroxyl groups excluding tert-OH is 2. The van der Waals surface area contributed by atoms with E-state index < -0.39 is 24.5 Å². The van der Waals surface area contributed by atoms with Gasteiger partial charge in [-0.05, 0) is 18.5 Å². The van der Waals surface area contributed by atoms with Crippen molar-refractivity contribution in [2.45, 2.75) is 31.5 Å². The highest BCUT2D eigenvalue weighted by atomic mass is 35.5. The van der Waals surface area contributed by atoms with Crippen molar-refractivity contribution >= 4 is 28.6 Å². The number of anilines is 1. The molecule has 24 heavy (non-hydrogen) atoms. The number of rotatable bonds is 2. The van der Waals surface area contributed by atoms with Crippen molar-refractivity contribution in [2.24, 2.45) is 0 Å². The highest BCUT2D eigenvalue weighted by Crippen LogP contribution is 2.39. The second-order valence-electron chi connectivity index (χ2n) is 5.44. The number of oxazole rings is 1. The number of aliphatic hydroxyl groups is 2. The molecule has 0 saturated carbocycles. The van der Waals surface area contributed by atoms with E-state index in [1.165, 1.54) is 17.1 Å². The molecule has 4 rings (SSSR count). The molecule has 3 aromatic rings. The van der Waals surface area contributed by atoms with E-state index in [2.05, 4.69) is 19.9 Å². The van der Waals surface area contributed by atoms with E-state index >= 15 is 0 Å². The molecule has 1 aliphatic heterocycles. The zero-order valence-corrected chi connectivity index (χ0v) is 13.1. The van der Waals surface area contributed by atoms with Crippen molar-refractivity contribution in [3.8, 4) is 0 Å². The minimum atomic E-state index is -1.26. The fourth-order valence-electron chi connectivity index (χ4n) is 2.69. The summed E-state index contributed by atoms with van der Waals surface area (Å²) in [6.07, 6.45) is -1.49. The largest absolute Gasteiger partial charge is 0.443 e. The molecule has 0 aromatic carbocycles. The Bertz CT molecular complexity index is 911. The summed E-state index contributed by atoms with van der Waals surface area (Å²) in [5.74, 6) is 0.855. The van der Waals surface area contributed by atoms with Crippen LogP contribution in [0.4, 0.5) is 5.82 Å². The number of halogens is 1. The van der Waals surface area contributed by atoms with E-state index in [0.717, 1.165) is 0 Å². The molecule has 3 aromatic heterocycles. The summed E-state index contributed by atoms with van der Waals surface area (Å²) in [6, 6.07) is 0. The second-order valence-corrected chi connectivity index (χ2v) is 5.78. The zero-order chi connectivity index (χ0) is 17.0. The van der Waals surface area contributed by atoms with Gasteiger partial charge in [-0.1, -0.05) is 0 Å². The number of hydrogen-bond donors (Lipinski definition) is 3. The number of nitrogens with two attached hydrogens (primary N) is 1. The van der Waals surface area contributed by atoms with Gasteiger partial charge in [0.15, 0.2) is 23.8 Å². The number of imidazole rings is 1. The van der Waals surface area contributed by atoms with Crippen LogP contribution in [0, 0.1) is 6.92 Å². The number of ether oxygens (including phenoxy) is 1. The van der Waals surface area contributed by atoms with Crippen LogP contribution in [0.25, 0.3) is 11.2 Å². The van der Waals surface area contributed by atoms with Gasteiger partial charge in [0.05, 0.1) is 12.5 Å². The van der Waals surface area contributed by atoms with Crippen LogP contribution in [0.5, 0.6) is 0 Å². The first-order chi connectivity index (χ1) is 11.5. The third-order valence-electron chi connectivity index (χ3n) is 3.82. The number of hydrogen-bond acceptors (Lipinski definition) is 9. The fraction of sp³-hybridized carbons (Fsp3) is 0.385. The number of nitrogens with zero attached hydrogens (tertiary/aromatic N) is 5. The van der Waals surface area contributed by atoms with Gasteiger partial charge < -0.3 is 25.1 Å². The van der Waals surface area contributed by atoms with Gasteiger partial charge in [-0.2, -0.15) is 9.97 Å². The molecular formula is C13H13ClN6O4. The SMILES string of the molecule is Cc1cnc([C@H]2O[C@@H](n3cnc4c(N)nc(Cl)nc43)[C@H](O)[C@@H]2O)o1. The average molecular weight is 353 g/mol. The van der Waals surface area contributed by atoms with E-state index in [-0.39, 0.29) is 22.6 Å². The van der Waals surface area contributed by atoms with E-state index in [1.807, 2.05) is 0 Å². The summed E-state index contributed by atoms with van der Waals surface area (Å²) in [5.41, 5.74) is 6.37. The Morgan fingerprint density at radius 2 is 2.04 bits per heavy atom. The Morgan fingerprint density at radius 3 is 2.75 bits per heavy atom. The topological polar surface area (TPSA) is 145 Å². The molecule has 1 fully saturated rings. The number of aromatic nitrogens is 5. The molecule has 1 saturated heterocycles. The molecule has 10 nitrogen and oxygen atoms in total. The maximum atomic E-state index is 10.4. The third-order valence-corrected chi connectivity index (χ3v) is 3.99. The molecular weight excluding hydrogens is 340 g/mol. The minimum Gasteiger partial charge on any atom is -0.443 e. The zero-order valence-electron chi connectivity index (χ0n) is 12.4. The van der Waals surface area contributed by atoms with E-state index in [9.17, 15) is 10.2 Å². The first-order valence-electron chi connectivity index (χ1n) is 7.05. The first kappa shape index (κ1) is 15.3. The van der Waals surface area contributed by atoms with Crippen molar-refractivity contribution in [2.75, 3.05) is 5.73 Å². The van der Waals surface area contributed by atoms with Gasteiger partial charge in [0.1, 0.15) is 23.5 Å². The van der Waals surface area contributed by atoms with Crippen LogP contribution in [-0.2, 0) is 4.74 Å². The molecule has 0 radical (unpaired) electrons. The van der Waals surface area contributed by atoms with Gasteiger partial charge in [-0.3, -0.25) is 4.57 Å². The lowest BCUT2D eigenvalue weighted by Crippen LogP contribution is -2.29. The summed E-state index contributed by atoms with van der Waals surface area (Å²) >= 11 is 5.83. The third kappa shape index (κ3) is 2.23. The molecule has 1 aliphatic rings. The Kier molecular flexibility index (Phi) is 3.42. The van der Waals surface area contributed by atoms with Crippen LogP contribution >= 0.6 is 11.6 Å². The van der Waals surface area contributed by atoms with Crippen molar-refractivity contribution in [1.29, 1.82) is 0 Å². The molecule has 4 atom stereocenters. The monoisotopic (exact) mass is 352 g/mol. The Labute approximate surface area is 139 Å². The average Bonchev–Trinajstić information content (AvgIpc) is 3.20. The fourth-order valence-corrected chi connectivity index (χ4v) is 2.87. The van der Waals surface area contributed by atoms with Crippen LogP contribution in [0.2, 0.25) is 5.28 Å². The number of fused-ring (bicyclic) bond motifs is 1. The van der Waals surface area contributed by atoms with Crippen LogP contribution in [0.15, 0.2) is 16.9 Å². The quantitative estimate of drug-likeness (QED) is 0.556. The van der Waals surface area contributed by atoms with Crippen LogP contribution in [0.3, 0.4) is 0 Å². The van der Waals surface area contributed by atoms with Crippen LogP contribution in [-0.4, -0.2) is 46.9 Å². The van der Waals surface area contributed by atoms with E-state index in [0.29, 0.717) is 11.3 Å². The van der Waals surface area contributed by atoms with Crippen molar-refractivity contribution in [1.82, 2.24) is 24.5 Å². The van der Waals surface area contributed by atoms with Crippen molar-refractivity contribution in [3.05, 3.63) is 29.5 Å². The standard InChI is InChI=1S/C13H13ClN6O4/c1-4-2-16-11(23-4)8-6(21)7(22)12(24-8)20-3-17-5-9(15)18-13(14)19-10(5)20/h2-3,6-8,12,21-22H,1H3,(H2,15,18,19)/t6-,7+,8-,12+/m0/s1. The predicted molar refractivity (Wildman–Crippen MR) is 80.9 cm³/mol. The maximum Gasteiger partial charge on any atom is 0.226 e. The van der Waals surface area contributed by atoms with Gasteiger partial charge in [-0.15, -0.1) is 0 Å². The first-order valence-corrected chi connectivity index (χ1v) is 7.43. The predicted octanol–water partition coefficient (Wildman–Crippen LogP) is 0.350. The van der Waals surface area contributed by atoms with Gasteiger partial charge in [0.2, 0.25) is 11.2 Å². The molecule has 126 valence electrons. The summed E-state index contributed by atoms with van der Waals surface area (Å²) in [6.45, 7) is 1.72. The number of nitrogen functional groups attached to an aromatic ring is 1. The molecule has 0 unspecified atom stereocenters. The lowest BCUT2D eigenvalue weighted by molar-refractivity contribution is -0.0438. The molecule has 0 amide bonds. The van der Waals surface area contributed by atoms with Crippen molar-refractivity contribution < 1.29 is 19.4 Å². The molecule has 0 spiro atoms. The second kappa shape index (κ2) is 5.38. The van der Waals surface area contributed by atoms with Gasteiger partial charge in [0.25, 0.3) is 0 Å². The highest BCUT2D eigenvalue weighted by molar-refractivity contribution is 6.28. The Hall–Kier alpha value is -2.27. The lowest BCUT2D eigenvalue weighted by Gasteiger charge is -2.16. The molecule has 11 heteroatoms. The normalized spacial score (nSPS) is 27.2. The Balaban J connectivity index is 1.75. The Morgan fingerprint density at radius 1 is 1.25 bits per heavy atom. The highest BCUT2D eigenvalue weighted by Gasteiger charge is 2.47. The van der Waals surface area contributed by atoms with Gasteiger partial charge >= 0.3 is 0 Å². The maximum absolute atomic E-state index is 10.4. The lowest BCUT2D eigenvalue weighted by atomic mass is 10.1. The number of aryl methyl sites for hydroxylation is 1. The molecule has 0 bridgehead atoms. The van der Waals surface area contributed by atoms with Crippen molar-refractivity contribution in [3.63, 3.8) is 0 Å². The van der Waals surface area contributed by atoms with E-state index in [1.54, 1.807) is 6.92 Å². The molecule has 4 heterocycles. The van der Waals surface area contributed by atoms with E-state index in [4.69, 9.17) is 26.5 Å². The molecule has 0 aliphatic carbocycles. The van der Waals surface area contributed by atoms with Gasteiger partial charge in [0, 0.05) is 0 Å². The van der Waals surface area contributed by atoms with Crippen LogP contribution < -0.4 is 5.73 Å². The summed E-state index contributed by atoms with van der Waals surface area (Å²) in [5, 5.41) is 20.6. The van der Waals surface area contributed by atoms with Crippen LogP contribution in [0.1, 0.15) is 24.0 Å².